The largest absolute Gasteiger partial charge is 0.359 e. The third-order valence-electron chi connectivity index (χ3n) is 2.92. The van der Waals surface area contributed by atoms with Crippen LogP contribution in [0.3, 0.4) is 0 Å². The van der Waals surface area contributed by atoms with E-state index in [-0.39, 0.29) is 29.8 Å². The monoisotopic (exact) mass is 332 g/mol. The highest BCUT2D eigenvalue weighted by atomic mass is 79.9. The summed E-state index contributed by atoms with van der Waals surface area (Å²) < 4.78 is 26.4. The molecule has 0 unspecified atom stereocenters. The molecule has 1 aliphatic rings. The lowest BCUT2D eigenvalue weighted by molar-refractivity contribution is -0.127. The van der Waals surface area contributed by atoms with Crippen molar-refractivity contribution in [2.24, 2.45) is 5.92 Å². The van der Waals surface area contributed by atoms with Gasteiger partial charge in [-0.15, -0.1) is 0 Å². The number of rotatable bonds is 3. The summed E-state index contributed by atoms with van der Waals surface area (Å²) >= 11 is 3.23. The molecule has 5 nitrogen and oxygen atoms in total. The van der Waals surface area contributed by atoms with Gasteiger partial charge in [0.2, 0.25) is 15.9 Å². The van der Waals surface area contributed by atoms with E-state index in [1.54, 1.807) is 31.3 Å². The van der Waals surface area contributed by atoms with Crippen LogP contribution in [0.25, 0.3) is 0 Å². The number of benzene rings is 1. The van der Waals surface area contributed by atoms with Crippen LogP contribution in [0.15, 0.2) is 33.6 Å². The fourth-order valence-electron chi connectivity index (χ4n) is 1.80. The lowest BCUT2D eigenvalue weighted by Crippen LogP contribution is -2.55. The van der Waals surface area contributed by atoms with Gasteiger partial charge in [-0.1, -0.05) is 12.1 Å². The fraction of sp³-hybridized carbons (Fsp3) is 0.364. The molecule has 2 rings (SSSR count). The first-order chi connectivity index (χ1) is 8.46. The molecule has 1 aromatic carbocycles. The molecule has 1 heterocycles. The van der Waals surface area contributed by atoms with E-state index >= 15 is 0 Å². The molecule has 0 spiro atoms. The molecule has 0 radical (unpaired) electrons. The molecule has 0 bridgehead atoms. The Morgan fingerprint density at radius 3 is 2.56 bits per heavy atom. The number of carbonyl (C=O) groups excluding carboxylic acids is 1. The van der Waals surface area contributed by atoms with Crippen molar-refractivity contribution in [3.05, 3.63) is 28.7 Å². The molecule has 7 heteroatoms. The summed E-state index contributed by atoms with van der Waals surface area (Å²) in [4.78, 5) is 11.6. The average molecular weight is 333 g/mol. The number of nitrogens with zero attached hydrogens (tertiary/aromatic N) is 1. The van der Waals surface area contributed by atoms with Gasteiger partial charge in [0, 0.05) is 24.6 Å². The number of amides is 1. The minimum atomic E-state index is -3.50. The Morgan fingerprint density at radius 1 is 1.39 bits per heavy atom. The van der Waals surface area contributed by atoms with Gasteiger partial charge in [-0.25, -0.2) is 8.42 Å². The Bertz CT molecular complexity index is 567. The van der Waals surface area contributed by atoms with Gasteiger partial charge < -0.3 is 5.32 Å². The van der Waals surface area contributed by atoms with Crippen LogP contribution in [0.5, 0.6) is 0 Å². The third kappa shape index (κ3) is 2.30. The average Bonchev–Trinajstić information content (AvgIpc) is 2.26. The number of carbonyl (C=O) groups is 1. The van der Waals surface area contributed by atoms with Crippen LogP contribution in [0.4, 0.5) is 0 Å². The topological polar surface area (TPSA) is 66.5 Å². The van der Waals surface area contributed by atoms with Crippen LogP contribution >= 0.6 is 15.9 Å². The van der Waals surface area contributed by atoms with Crippen LogP contribution < -0.4 is 5.32 Å². The van der Waals surface area contributed by atoms with E-state index in [0.717, 1.165) is 0 Å². The molecule has 1 aromatic rings. The molecule has 1 aliphatic heterocycles. The van der Waals surface area contributed by atoms with E-state index in [9.17, 15) is 13.2 Å². The normalized spacial score (nSPS) is 17.2. The number of nitrogens with one attached hydrogen (secondary N) is 1. The van der Waals surface area contributed by atoms with Crippen LogP contribution in [0.1, 0.15) is 0 Å². The van der Waals surface area contributed by atoms with Gasteiger partial charge in [0.1, 0.15) is 0 Å². The van der Waals surface area contributed by atoms with Gasteiger partial charge in [-0.2, -0.15) is 4.31 Å². The summed E-state index contributed by atoms with van der Waals surface area (Å²) in [6.07, 6.45) is 0. The van der Waals surface area contributed by atoms with Gasteiger partial charge in [-0.3, -0.25) is 4.79 Å². The Labute approximate surface area is 114 Å². The molecule has 18 heavy (non-hydrogen) atoms. The maximum atomic E-state index is 12.3. The molecule has 1 fully saturated rings. The summed E-state index contributed by atoms with van der Waals surface area (Å²) in [6.45, 7) is 0.479. The Kier molecular flexibility index (Phi) is 3.74. The second-order valence-corrected chi connectivity index (χ2v) is 6.82. The van der Waals surface area contributed by atoms with Crippen molar-refractivity contribution in [3.63, 3.8) is 0 Å². The Balaban J connectivity index is 2.16. The zero-order chi connectivity index (χ0) is 13.3. The van der Waals surface area contributed by atoms with Crippen LogP contribution in [-0.4, -0.2) is 38.8 Å². The third-order valence-corrected chi connectivity index (χ3v) is 5.76. The number of hydrogen-bond donors (Lipinski definition) is 1. The van der Waals surface area contributed by atoms with Gasteiger partial charge in [0.25, 0.3) is 0 Å². The highest BCUT2D eigenvalue weighted by molar-refractivity contribution is 9.10. The lowest BCUT2D eigenvalue weighted by Gasteiger charge is -2.36. The second-order valence-electron chi connectivity index (χ2n) is 4.06. The van der Waals surface area contributed by atoms with E-state index in [4.69, 9.17) is 0 Å². The minimum absolute atomic E-state index is 0.117. The van der Waals surface area contributed by atoms with Gasteiger partial charge in [-0.05, 0) is 28.1 Å². The Morgan fingerprint density at radius 2 is 2.00 bits per heavy atom. The molecule has 0 aliphatic carbocycles. The van der Waals surface area contributed by atoms with E-state index in [1.807, 2.05) is 0 Å². The van der Waals surface area contributed by atoms with E-state index in [2.05, 4.69) is 21.2 Å². The second kappa shape index (κ2) is 4.99. The zero-order valence-corrected chi connectivity index (χ0v) is 12.2. The van der Waals surface area contributed by atoms with Crippen LogP contribution in [0.2, 0.25) is 0 Å². The molecule has 98 valence electrons. The number of halogens is 1. The first-order valence-electron chi connectivity index (χ1n) is 5.43. The van der Waals surface area contributed by atoms with Crippen molar-refractivity contribution in [2.45, 2.75) is 4.90 Å². The smallest absolute Gasteiger partial charge is 0.244 e. The van der Waals surface area contributed by atoms with E-state index in [1.165, 1.54) is 4.31 Å². The highest BCUT2D eigenvalue weighted by Crippen LogP contribution is 2.29. The summed E-state index contributed by atoms with van der Waals surface area (Å²) in [5, 5.41) is 2.52. The number of sulfonamides is 1. The maximum absolute atomic E-state index is 12.3. The SMILES string of the molecule is CNC(=O)C1CN(S(=O)(=O)c2ccccc2Br)C1. The van der Waals surface area contributed by atoms with Gasteiger partial charge in [0.15, 0.2) is 0 Å². The number of hydrogen-bond acceptors (Lipinski definition) is 3. The Hall–Kier alpha value is -0.920. The standard InChI is InChI=1S/C11H13BrN2O3S/c1-13-11(15)8-6-14(7-8)18(16,17)10-5-3-2-4-9(10)12/h2-5,8H,6-7H2,1H3,(H,13,15). The minimum Gasteiger partial charge on any atom is -0.359 e. The quantitative estimate of drug-likeness (QED) is 0.890. The summed E-state index contributed by atoms with van der Waals surface area (Å²) in [5.41, 5.74) is 0. The predicted octanol–water partition coefficient (Wildman–Crippen LogP) is 0.816. The van der Waals surface area contributed by atoms with Crippen molar-refractivity contribution in [1.29, 1.82) is 0 Å². The van der Waals surface area contributed by atoms with E-state index in [0.29, 0.717) is 4.47 Å². The molecule has 0 aromatic heterocycles. The molecule has 1 N–H and O–H groups in total. The first-order valence-corrected chi connectivity index (χ1v) is 7.66. The van der Waals surface area contributed by atoms with Crippen LogP contribution in [0, 0.1) is 5.92 Å². The lowest BCUT2D eigenvalue weighted by atomic mass is 10.0. The van der Waals surface area contributed by atoms with Gasteiger partial charge in [0.05, 0.1) is 10.8 Å². The molecule has 1 amide bonds. The van der Waals surface area contributed by atoms with Crippen molar-refractivity contribution in [1.82, 2.24) is 9.62 Å². The molecular formula is C11H13BrN2O3S. The van der Waals surface area contributed by atoms with Crippen LogP contribution in [-0.2, 0) is 14.8 Å². The van der Waals surface area contributed by atoms with Crippen molar-refractivity contribution in [3.8, 4) is 0 Å². The highest BCUT2D eigenvalue weighted by Gasteiger charge is 2.40. The maximum Gasteiger partial charge on any atom is 0.244 e. The summed E-state index contributed by atoms with van der Waals surface area (Å²) in [6, 6.07) is 6.66. The zero-order valence-electron chi connectivity index (χ0n) is 9.76. The molecule has 0 saturated carbocycles. The molecule has 1 saturated heterocycles. The summed E-state index contributed by atoms with van der Waals surface area (Å²) in [7, 11) is -1.95. The van der Waals surface area contributed by atoms with Crippen molar-refractivity contribution in [2.75, 3.05) is 20.1 Å². The summed E-state index contributed by atoms with van der Waals surface area (Å²) in [5.74, 6) is -0.360. The molecular weight excluding hydrogens is 320 g/mol. The first kappa shape index (κ1) is 13.5. The van der Waals surface area contributed by atoms with Gasteiger partial charge >= 0.3 is 0 Å². The van der Waals surface area contributed by atoms with Crippen molar-refractivity contribution < 1.29 is 13.2 Å². The fourth-order valence-corrected chi connectivity index (χ4v) is 4.29. The predicted molar refractivity (Wildman–Crippen MR) is 70.5 cm³/mol. The van der Waals surface area contributed by atoms with Crippen molar-refractivity contribution >= 4 is 31.9 Å². The van der Waals surface area contributed by atoms with E-state index < -0.39 is 10.0 Å². The molecule has 0 atom stereocenters.